The molecule has 0 spiro atoms. The highest BCUT2D eigenvalue weighted by Gasteiger charge is 2.44. The van der Waals surface area contributed by atoms with Gasteiger partial charge in [-0.3, -0.25) is 14.5 Å². The molecule has 0 saturated carbocycles. The third-order valence-electron chi connectivity index (χ3n) is 3.42. The van der Waals surface area contributed by atoms with E-state index in [0.717, 1.165) is 24.3 Å². The largest absolute Gasteiger partial charge is 0.497 e. The molecule has 0 aromatic heterocycles. The van der Waals surface area contributed by atoms with Crippen molar-refractivity contribution in [3.8, 4) is 5.75 Å². The maximum Gasteiger partial charge on any atom is 0.472 e. The van der Waals surface area contributed by atoms with Gasteiger partial charge < -0.3 is 10.1 Å². The minimum Gasteiger partial charge on any atom is -0.497 e. The molecule has 150 valence electrons. The smallest absolute Gasteiger partial charge is 0.472 e. The standard InChI is InChI=1S/C17H12F6N2O3/c1-28-13-8-6-12(7-9-13)25(15(27)17(21,22)23)11-4-2-10(3-5-11)24-14(26)16(18,19)20/h2-9H,1H3,(H,24,26). The minimum absolute atomic E-state index is 0.143. The van der Waals surface area contributed by atoms with E-state index in [1.165, 1.54) is 31.4 Å². The summed E-state index contributed by atoms with van der Waals surface area (Å²) in [6.07, 6.45) is -10.3. The highest BCUT2D eigenvalue weighted by atomic mass is 19.4. The second-order valence-electron chi connectivity index (χ2n) is 5.34. The summed E-state index contributed by atoms with van der Waals surface area (Å²) in [7, 11) is 1.35. The fourth-order valence-electron chi connectivity index (χ4n) is 2.14. The highest BCUT2D eigenvalue weighted by Crippen LogP contribution is 2.33. The van der Waals surface area contributed by atoms with Crippen LogP contribution in [-0.2, 0) is 9.59 Å². The van der Waals surface area contributed by atoms with Crippen molar-refractivity contribution in [2.75, 3.05) is 17.3 Å². The average Bonchev–Trinajstić information content (AvgIpc) is 2.62. The molecule has 11 heteroatoms. The molecule has 0 fully saturated rings. The van der Waals surface area contributed by atoms with Gasteiger partial charge in [0.2, 0.25) is 0 Å². The van der Waals surface area contributed by atoms with E-state index in [1.807, 2.05) is 0 Å². The lowest BCUT2D eigenvalue weighted by molar-refractivity contribution is -0.169. The van der Waals surface area contributed by atoms with E-state index in [4.69, 9.17) is 4.74 Å². The number of amides is 2. The molecule has 0 atom stereocenters. The molecule has 28 heavy (non-hydrogen) atoms. The topological polar surface area (TPSA) is 58.6 Å². The molecular weight excluding hydrogens is 394 g/mol. The van der Waals surface area contributed by atoms with Crippen molar-refractivity contribution in [2.24, 2.45) is 0 Å². The monoisotopic (exact) mass is 406 g/mol. The molecule has 2 aromatic rings. The van der Waals surface area contributed by atoms with Crippen molar-refractivity contribution < 1.29 is 40.7 Å². The van der Waals surface area contributed by atoms with E-state index in [-0.39, 0.29) is 17.1 Å². The van der Waals surface area contributed by atoms with Crippen LogP contribution in [0.2, 0.25) is 0 Å². The van der Waals surface area contributed by atoms with Crippen molar-refractivity contribution >= 4 is 28.9 Å². The van der Waals surface area contributed by atoms with Gasteiger partial charge in [0.25, 0.3) is 0 Å². The van der Waals surface area contributed by atoms with E-state index in [1.54, 1.807) is 5.32 Å². The molecule has 2 amide bonds. The normalized spacial score (nSPS) is 11.7. The van der Waals surface area contributed by atoms with Crippen LogP contribution in [-0.4, -0.2) is 31.3 Å². The van der Waals surface area contributed by atoms with Gasteiger partial charge in [-0.1, -0.05) is 0 Å². The number of nitrogens with zero attached hydrogens (tertiary/aromatic N) is 1. The van der Waals surface area contributed by atoms with E-state index in [2.05, 4.69) is 0 Å². The summed E-state index contributed by atoms with van der Waals surface area (Å²) in [5.41, 5.74) is -0.715. The predicted octanol–water partition coefficient (Wildman–Crippen LogP) is 4.42. The SMILES string of the molecule is COc1ccc(N(C(=O)C(F)(F)F)c2ccc(NC(=O)C(F)(F)F)cc2)cc1. The maximum absolute atomic E-state index is 13.0. The van der Waals surface area contributed by atoms with E-state index < -0.39 is 24.2 Å². The van der Waals surface area contributed by atoms with Crippen LogP contribution in [0.5, 0.6) is 5.75 Å². The lowest BCUT2D eigenvalue weighted by Gasteiger charge is -2.24. The number of benzene rings is 2. The zero-order valence-corrected chi connectivity index (χ0v) is 14.1. The van der Waals surface area contributed by atoms with Crippen molar-refractivity contribution in [1.29, 1.82) is 0 Å². The number of hydrogen-bond donors (Lipinski definition) is 1. The lowest BCUT2D eigenvalue weighted by Crippen LogP contribution is -2.38. The van der Waals surface area contributed by atoms with Gasteiger partial charge in [0.1, 0.15) is 5.75 Å². The number of carbonyl (C=O) groups is 2. The summed E-state index contributed by atoms with van der Waals surface area (Å²) in [5, 5.41) is 1.56. The fraction of sp³-hybridized carbons (Fsp3) is 0.176. The van der Waals surface area contributed by atoms with Crippen molar-refractivity contribution in [1.82, 2.24) is 0 Å². The zero-order chi connectivity index (χ0) is 21.1. The van der Waals surface area contributed by atoms with Crippen LogP contribution in [0.25, 0.3) is 0 Å². The van der Waals surface area contributed by atoms with Gasteiger partial charge in [0, 0.05) is 17.1 Å². The Bertz CT molecular complexity index is 845. The first-order valence-electron chi connectivity index (χ1n) is 7.47. The van der Waals surface area contributed by atoms with Gasteiger partial charge in [0.15, 0.2) is 0 Å². The Morgan fingerprint density at radius 1 is 0.821 bits per heavy atom. The summed E-state index contributed by atoms with van der Waals surface area (Å²) in [5.74, 6) is -4.10. The van der Waals surface area contributed by atoms with Crippen molar-refractivity contribution in [3.05, 3.63) is 48.5 Å². The number of anilines is 3. The number of carbonyl (C=O) groups excluding carboxylic acids is 2. The second-order valence-corrected chi connectivity index (χ2v) is 5.34. The molecule has 0 aliphatic heterocycles. The van der Waals surface area contributed by atoms with Gasteiger partial charge in [-0.2, -0.15) is 26.3 Å². The number of ether oxygens (including phenoxy) is 1. The second kappa shape index (κ2) is 7.79. The summed E-state index contributed by atoms with van der Waals surface area (Å²) in [4.78, 5) is 23.1. The first-order valence-corrected chi connectivity index (χ1v) is 7.47. The van der Waals surface area contributed by atoms with Crippen LogP contribution in [0.1, 0.15) is 0 Å². The summed E-state index contributed by atoms with van der Waals surface area (Å²) >= 11 is 0. The molecule has 5 nitrogen and oxygen atoms in total. The van der Waals surface area contributed by atoms with E-state index in [9.17, 15) is 35.9 Å². The molecule has 2 aromatic carbocycles. The van der Waals surface area contributed by atoms with Crippen LogP contribution >= 0.6 is 0 Å². The minimum atomic E-state index is -5.21. The van der Waals surface area contributed by atoms with Gasteiger partial charge >= 0.3 is 24.2 Å². The Morgan fingerprint density at radius 3 is 1.68 bits per heavy atom. The Hall–Kier alpha value is -3.24. The number of alkyl halides is 6. The van der Waals surface area contributed by atoms with Crippen LogP contribution in [0.15, 0.2) is 48.5 Å². The van der Waals surface area contributed by atoms with Crippen LogP contribution in [0.3, 0.4) is 0 Å². The molecule has 0 aliphatic carbocycles. The number of nitrogens with one attached hydrogen (secondary N) is 1. The lowest BCUT2D eigenvalue weighted by atomic mass is 10.2. The van der Waals surface area contributed by atoms with Crippen LogP contribution in [0, 0.1) is 0 Å². The van der Waals surface area contributed by atoms with Crippen molar-refractivity contribution in [3.63, 3.8) is 0 Å². The summed E-state index contributed by atoms with van der Waals surface area (Å²) in [6, 6.07) is 8.93. The van der Waals surface area contributed by atoms with E-state index >= 15 is 0 Å². The summed E-state index contributed by atoms with van der Waals surface area (Å²) in [6.45, 7) is 0. The number of rotatable bonds is 4. The number of methoxy groups -OCH3 is 1. The Balaban J connectivity index is 2.38. The maximum atomic E-state index is 13.0. The zero-order valence-electron chi connectivity index (χ0n) is 14.1. The van der Waals surface area contributed by atoms with E-state index in [0.29, 0.717) is 10.6 Å². The Labute approximate surface area is 154 Å². The van der Waals surface area contributed by atoms with Crippen LogP contribution in [0.4, 0.5) is 43.4 Å². The van der Waals surface area contributed by atoms with Gasteiger partial charge in [-0.05, 0) is 48.5 Å². The molecular formula is C17H12F6N2O3. The molecule has 0 heterocycles. The van der Waals surface area contributed by atoms with Crippen LogP contribution < -0.4 is 15.0 Å². The quantitative estimate of drug-likeness (QED) is 0.765. The predicted molar refractivity (Wildman–Crippen MR) is 87.3 cm³/mol. The summed E-state index contributed by atoms with van der Waals surface area (Å²) < 4.78 is 80.7. The molecule has 0 radical (unpaired) electrons. The molecule has 0 unspecified atom stereocenters. The van der Waals surface area contributed by atoms with Gasteiger partial charge in [0.05, 0.1) is 7.11 Å². The highest BCUT2D eigenvalue weighted by molar-refractivity contribution is 6.04. The number of halogens is 6. The average molecular weight is 406 g/mol. The van der Waals surface area contributed by atoms with Crippen molar-refractivity contribution in [2.45, 2.75) is 12.4 Å². The first kappa shape index (κ1) is 21.1. The Kier molecular flexibility index (Phi) is 5.86. The molecule has 0 aliphatic rings. The molecule has 2 rings (SSSR count). The first-order chi connectivity index (χ1) is 12.9. The third-order valence-corrected chi connectivity index (χ3v) is 3.42. The molecule has 0 bridgehead atoms. The Morgan fingerprint density at radius 2 is 1.29 bits per heavy atom. The molecule has 0 saturated heterocycles. The van der Waals surface area contributed by atoms with Gasteiger partial charge in [-0.15, -0.1) is 0 Å². The third kappa shape index (κ3) is 4.93. The molecule has 1 N–H and O–H groups in total. The fourth-order valence-corrected chi connectivity index (χ4v) is 2.14. The number of hydrogen-bond acceptors (Lipinski definition) is 3. The van der Waals surface area contributed by atoms with Gasteiger partial charge in [-0.25, -0.2) is 0 Å².